The van der Waals surface area contributed by atoms with Gasteiger partial charge in [0.2, 0.25) is 5.96 Å². The number of methoxy groups -OCH3 is 1. The predicted octanol–water partition coefficient (Wildman–Crippen LogP) is 2.18. The second kappa shape index (κ2) is 6.13. The van der Waals surface area contributed by atoms with Crippen LogP contribution in [-0.2, 0) is 0 Å². The highest BCUT2D eigenvalue weighted by atomic mass is 16.5. The molecule has 114 valence electrons. The Morgan fingerprint density at radius 1 is 1.14 bits per heavy atom. The normalized spacial score (nSPS) is 19.9. The standard InChI is InChI=1S/C15H20N4O.H3N/c1-20-12-7-5-11(6-8-12)13-17-14(16)19-15(18-13)9-3-2-4-10-15;/h5-8H,2-4,9-10H2,1H3,(H3,16,17,18,19);1H3. The van der Waals surface area contributed by atoms with Crippen molar-refractivity contribution in [3.05, 3.63) is 29.8 Å². The summed E-state index contributed by atoms with van der Waals surface area (Å²) in [6.07, 6.45) is 5.67. The van der Waals surface area contributed by atoms with Gasteiger partial charge in [-0.25, -0.2) is 4.99 Å². The van der Waals surface area contributed by atoms with Gasteiger partial charge in [-0.05, 0) is 49.9 Å². The first kappa shape index (κ1) is 15.3. The van der Waals surface area contributed by atoms with E-state index in [1.807, 2.05) is 24.3 Å². The Morgan fingerprint density at radius 3 is 2.43 bits per heavy atom. The maximum Gasteiger partial charge on any atom is 0.219 e. The third-order valence-electron chi connectivity index (χ3n) is 3.95. The first-order chi connectivity index (χ1) is 9.71. The molecule has 0 aromatic heterocycles. The van der Waals surface area contributed by atoms with Gasteiger partial charge in [0.15, 0.2) is 0 Å². The molecule has 0 saturated heterocycles. The molecule has 1 aliphatic heterocycles. The fourth-order valence-electron chi connectivity index (χ4n) is 2.89. The number of benzene rings is 1. The number of nitrogens with one attached hydrogen (secondary N) is 1. The van der Waals surface area contributed by atoms with Crippen LogP contribution in [0.5, 0.6) is 5.75 Å². The lowest BCUT2D eigenvalue weighted by atomic mass is 9.88. The molecule has 0 radical (unpaired) electrons. The molecule has 1 saturated carbocycles. The van der Waals surface area contributed by atoms with Gasteiger partial charge in [-0.15, -0.1) is 0 Å². The van der Waals surface area contributed by atoms with E-state index in [4.69, 9.17) is 10.5 Å². The molecule has 1 heterocycles. The Hall–Kier alpha value is -2.08. The van der Waals surface area contributed by atoms with Gasteiger partial charge >= 0.3 is 0 Å². The zero-order valence-corrected chi connectivity index (χ0v) is 12.4. The van der Waals surface area contributed by atoms with E-state index in [0.29, 0.717) is 5.96 Å². The van der Waals surface area contributed by atoms with E-state index >= 15 is 0 Å². The number of nitrogens with two attached hydrogens (primary N) is 1. The summed E-state index contributed by atoms with van der Waals surface area (Å²) in [5.41, 5.74) is 6.68. The molecular formula is C15H23N5O. The van der Waals surface area contributed by atoms with Crippen molar-refractivity contribution in [3.63, 3.8) is 0 Å². The van der Waals surface area contributed by atoms with E-state index in [2.05, 4.69) is 15.3 Å². The first-order valence-corrected chi connectivity index (χ1v) is 7.07. The molecule has 0 amide bonds. The van der Waals surface area contributed by atoms with E-state index in [1.54, 1.807) is 7.11 Å². The van der Waals surface area contributed by atoms with Crippen LogP contribution in [0.2, 0.25) is 0 Å². The molecule has 0 bridgehead atoms. The number of hydrogen-bond donors (Lipinski definition) is 3. The molecule has 2 aliphatic rings. The van der Waals surface area contributed by atoms with Crippen molar-refractivity contribution in [2.24, 2.45) is 15.7 Å². The molecule has 6 heteroatoms. The fraction of sp³-hybridized carbons (Fsp3) is 0.467. The van der Waals surface area contributed by atoms with Crippen LogP contribution in [0.1, 0.15) is 37.7 Å². The molecular weight excluding hydrogens is 266 g/mol. The lowest BCUT2D eigenvalue weighted by Gasteiger charge is -2.37. The quantitative estimate of drug-likeness (QED) is 0.775. The topological polar surface area (TPSA) is 107 Å². The molecule has 21 heavy (non-hydrogen) atoms. The summed E-state index contributed by atoms with van der Waals surface area (Å²) in [6.45, 7) is 0. The molecule has 0 atom stereocenters. The highest BCUT2D eigenvalue weighted by Crippen LogP contribution is 2.31. The lowest BCUT2D eigenvalue weighted by Crippen LogP contribution is -2.52. The van der Waals surface area contributed by atoms with Gasteiger partial charge < -0.3 is 21.9 Å². The average Bonchev–Trinajstić information content (AvgIpc) is 2.47. The van der Waals surface area contributed by atoms with Crippen LogP contribution in [0.3, 0.4) is 0 Å². The number of nitrogens with zero attached hydrogens (tertiary/aromatic N) is 2. The molecule has 6 nitrogen and oxygen atoms in total. The van der Waals surface area contributed by atoms with Crippen molar-refractivity contribution >= 4 is 11.8 Å². The smallest absolute Gasteiger partial charge is 0.219 e. The Labute approximate surface area is 125 Å². The van der Waals surface area contributed by atoms with Gasteiger partial charge in [-0.2, -0.15) is 4.99 Å². The van der Waals surface area contributed by atoms with Crippen LogP contribution in [0, 0.1) is 0 Å². The summed E-state index contributed by atoms with van der Waals surface area (Å²) in [4.78, 5) is 8.90. The summed E-state index contributed by atoms with van der Waals surface area (Å²) in [6, 6.07) is 7.82. The zero-order chi connectivity index (χ0) is 14.0. The van der Waals surface area contributed by atoms with Gasteiger partial charge in [0.05, 0.1) is 7.11 Å². The summed E-state index contributed by atoms with van der Waals surface area (Å²) >= 11 is 0. The largest absolute Gasteiger partial charge is 0.497 e. The molecule has 6 N–H and O–H groups in total. The van der Waals surface area contributed by atoms with Crippen LogP contribution in [0.25, 0.3) is 0 Å². The van der Waals surface area contributed by atoms with Gasteiger partial charge in [0.25, 0.3) is 0 Å². The maximum atomic E-state index is 5.92. The van der Waals surface area contributed by atoms with Crippen LogP contribution in [0.4, 0.5) is 0 Å². The van der Waals surface area contributed by atoms with Crippen LogP contribution in [0.15, 0.2) is 34.3 Å². The van der Waals surface area contributed by atoms with E-state index in [-0.39, 0.29) is 11.8 Å². The van der Waals surface area contributed by atoms with Crippen molar-refractivity contribution in [2.75, 3.05) is 7.11 Å². The van der Waals surface area contributed by atoms with Gasteiger partial charge in [0.1, 0.15) is 17.2 Å². The first-order valence-electron chi connectivity index (χ1n) is 7.07. The summed E-state index contributed by atoms with van der Waals surface area (Å²) in [7, 11) is 1.66. The van der Waals surface area contributed by atoms with Crippen molar-refractivity contribution in [3.8, 4) is 5.75 Å². The molecule has 1 fully saturated rings. The monoisotopic (exact) mass is 289 g/mol. The molecule has 1 aromatic rings. The highest BCUT2D eigenvalue weighted by molar-refractivity contribution is 6.07. The Morgan fingerprint density at radius 2 is 1.81 bits per heavy atom. The summed E-state index contributed by atoms with van der Waals surface area (Å²) < 4.78 is 5.18. The Balaban J connectivity index is 0.00000161. The lowest BCUT2D eigenvalue weighted by molar-refractivity contribution is 0.274. The summed E-state index contributed by atoms with van der Waals surface area (Å²) in [5.74, 6) is 2.01. The predicted molar refractivity (Wildman–Crippen MR) is 85.1 cm³/mol. The Bertz CT molecular complexity index is 544. The van der Waals surface area contributed by atoms with Gasteiger partial charge in [0, 0.05) is 5.56 Å². The number of ether oxygens (including phenoxy) is 1. The number of hydrogen-bond acceptors (Lipinski definition) is 6. The zero-order valence-electron chi connectivity index (χ0n) is 12.4. The van der Waals surface area contributed by atoms with Crippen LogP contribution >= 0.6 is 0 Å². The number of amidine groups is 1. The van der Waals surface area contributed by atoms with Crippen molar-refractivity contribution in [2.45, 2.75) is 37.8 Å². The molecule has 1 aliphatic carbocycles. The minimum Gasteiger partial charge on any atom is -0.497 e. The summed E-state index contributed by atoms with van der Waals surface area (Å²) in [5, 5.41) is 3.49. The number of aliphatic imine (C=N–C) groups is 2. The fourth-order valence-corrected chi connectivity index (χ4v) is 2.89. The average molecular weight is 289 g/mol. The highest BCUT2D eigenvalue weighted by Gasteiger charge is 2.35. The van der Waals surface area contributed by atoms with E-state index in [9.17, 15) is 0 Å². The third kappa shape index (κ3) is 3.16. The Kier molecular flexibility index (Phi) is 4.47. The van der Waals surface area contributed by atoms with Gasteiger partial charge in [-0.1, -0.05) is 6.42 Å². The molecule has 0 unspecified atom stereocenters. The number of guanidine groups is 1. The second-order valence-electron chi connectivity index (χ2n) is 5.38. The SMILES string of the molecule is COc1ccc(C2=NC(N)=NC3(CCCCC3)N2)cc1.N. The van der Waals surface area contributed by atoms with Crippen molar-refractivity contribution < 1.29 is 4.74 Å². The maximum absolute atomic E-state index is 5.92. The van der Waals surface area contributed by atoms with Crippen LogP contribution < -0.4 is 21.9 Å². The molecule has 1 aromatic carbocycles. The van der Waals surface area contributed by atoms with E-state index < -0.39 is 0 Å². The molecule has 3 rings (SSSR count). The minimum absolute atomic E-state index is 0. The van der Waals surface area contributed by atoms with Crippen molar-refractivity contribution in [1.29, 1.82) is 0 Å². The third-order valence-corrected chi connectivity index (χ3v) is 3.95. The van der Waals surface area contributed by atoms with E-state index in [0.717, 1.165) is 30.0 Å². The van der Waals surface area contributed by atoms with Crippen LogP contribution in [-0.4, -0.2) is 24.6 Å². The number of rotatable bonds is 2. The van der Waals surface area contributed by atoms with Crippen molar-refractivity contribution in [1.82, 2.24) is 11.5 Å². The van der Waals surface area contributed by atoms with E-state index in [1.165, 1.54) is 19.3 Å². The minimum atomic E-state index is -0.251. The second-order valence-corrected chi connectivity index (χ2v) is 5.38. The van der Waals surface area contributed by atoms with Gasteiger partial charge in [-0.3, -0.25) is 0 Å². The molecule has 1 spiro atoms.